The van der Waals surface area contributed by atoms with E-state index in [9.17, 15) is 4.79 Å². The van der Waals surface area contributed by atoms with Gasteiger partial charge in [0.2, 0.25) is 11.8 Å². The molecular weight excluding hydrogens is 292 g/mol. The van der Waals surface area contributed by atoms with Crippen LogP contribution in [0.2, 0.25) is 0 Å². The van der Waals surface area contributed by atoms with Gasteiger partial charge in [-0.1, -0.05) is 12.1 Å². The molecule has 0 aliphatic carbocycles. The molecule has 4 rings (SSSR count). The Bertz CT molecular complexity index is 942. The molecule has 2 aromatic carbocycles. The van der Waals surface area contributed by atoms with Crippen LogP contribution in [0.15, 0.2) is 62.7 Å². The lowest BCUT2D eigenvalue weighted by molar-refractivity contribution is 0.284. The normalized spacial score (nSPS) is 14.3. The van der Waals surface area contributed by atoms with Crippen LogP contribution >= 0.6 is 0 Å². The second-order valence-corrected chi connectivity index (χ2v) is 5.29. The number of fused-ring (bicyclic) bond motifs is 1. The Hall–Kier alpha value is -2.95. The van der Waals surface area contributed by atoms with Crippen LogP contribution in [0.3, 0.4) is 0 Å². The van der Waals surface area contributed by atoms with Crippen molar-refractivity contribution in [1.82, 2.24) is 4.98 Å². The molecule has 0 atom stereocenters. The summed E-state index contributed by atoms with van der Waals surface area (Å²) in [6, 6.07) is 14.7. The van der Waals surface area contributed by atoms with E-state index in [1.54, 1.807) is 18.2 Å². The molecular formula is C18H14N2O3. The predicted molar refractivity (Wildman–Crippen MR) is 87.7 cm³/mol. The zero-order chi connectivity index (χ0) is 15.6. The highest BCUT2D eigenvalue weighted by Crippen LogP contribution is 2.20. The first kappa shape index (κ1) is 13.7. The maximum Gasteiger partial charge on any atom is 0.347 e. The Kier molecular flexibility index (Phi) is 3.38. The number of hydrogen-bond acceptors (Lipinski definition) is 5. The highest BCUT2D eigenvalue weighted by Gasteiger charge is 2.11. The van der Waals surface area contributed by atoms with Gasteiger partial charge in [0.05, 0.1) is 17.5 Å². The smallest absolute Gasteiger partial charge is 0.347 e. The summed E-state index contributed by atoms with van der Waals surface area (Å²) in [7, 11) is 0. The summed E-state index contributed by atoms with van der Waals surface area (Å²) < 4.78 is 10.9. The van der Waals surface area contributed by atoms with Gasteiger partial charge in [0.25, 0.3) is 0 Å². The lowest BCUT2D eigenvalue weighted by atomic mass is 10.1. The third-order valence-corrected chi connectivity index (χ3v) is 3.71. The van der Waals surface area contributed by atoms with E-state index in [1.165, 1.54) is 0 Å². The van der Waals surface area contributed by atoms with E-state index in [1.807, 2.05) is 30.3 Å². The SMILES string of the molecule is O=c1oc(-c2ccc(C3=NCCCO3)cc2)nc2ccccc12. The fourth-order valence-corrected chi connectivity index (χ4v) is 2.53. The molecule has 5 heteroatoms. The van der Waals surface area contributed by atoms with Crippen molar-refractivity contribution in [3.8, 4) is 11.5 Å². The highest BCUT2D eigenvalue weighted by atomic mass is 16.5. The zero-order valence-corrected chi connectivity index (χ0v) is 12.4. The number of ether oxygens (including phenoxy) is 1. The van der Waals surface area contributed by atoms with Crippen LogP contribution in [0.4, 0.5) is 0 Å². The van der Waals surface area contributed by atoms with E-state index < -0.39 is 0 Å². The molecule has 3 aromatic rings. The van der Waals surface area contributed by atoms with Crippen molar-refractivity contribution >= 4 is 16.8 Å². The van der Waals surface area contributed by atoms with Gasteiger partial charge in [-0.3, -0.25) is 4.99 Å². The minimum absolute atomic E-state index is 0.312. The monoisotopic (exact) mass is 306 g/mol. The standard InChI is InChI=1S/C18H14N2O3/c21-18-14-4-1-2-5-15(14)20-17(23-18)13-8-6-12(7-9-13)16-19-10-3-11-22-16/h1-2,4-9H,3,10-11H2. The first-order chi connectivity index (χ1) is 11.3. The molecule has 0 spiro atoms. The largest absolute Gasteiger partial charge is 0.477 e. The van der Waals surface area contributed by atoms with Crippen LogP contribution in [-0.2, 0) is 4.74 Å². The second-order valence-electron chi connectivity index (χ2n) is 5.29. The summed E-state index contributed by atoms with van der Waals surface area (Å²) in [6.45, 7) is 1.49. The number of benzene rings is 2. The number of rotatable bonds is 2. The molecule has 0 amide bonds. The van der Waals surface area contributed by atoms with Gasteiger partial charge in [0, 0.05) is 24.1 Å². The van der Waals surface area contributed by atoms with Crippen LogP contribution in [-0.4, -0.2) is 24.0 Å². The third kappa shape index (κ3) is 2.61. The molecule has 1 aromatic heterocycles. The summed E-state index contributed by atoms with van der Waals surface area (Å²) in [4.78, 5) is 20.8. The van der Waals surface area contributed by atoms with Crippen molar-refractivity contribution in [3.63, 3.8) is 0 Å². The fraction of sp³-hybridized carbons (Fsp3) is 0.167. The average Bonchev–Trinajstić information content (AvgIpc) is 2.63. The Balaban J connectivity index is 1.73. The Morgan fingerprint density at radius 1 is 0.957 bits per heavy atom. The van der Waals surface area contributed by atoms with Gasteiger partial charge in [-0.25, -0.2) is 9.78 Å². The number of hydrogen-bond donors (Lipinski definition) is 0. The number of aromatic nitrogens is 1. The molecule has 1 aliphatic heterocycles. The number of nitrogens with zero attached hydrogens (tertiary/aromatic N) is 2. The highest BCUT2D eigenvalue weighted by molar-refractivity contribution is 5.94. The van der Waals surface area contributed by atoms with Crippen LogP contribution < -0.4 is 5.63 Å². The lowest BCUT2D eigenvalue weighted by Crippen LogP contribution is -2.14. The Morgan fingerprint density at radius 3 is 2.52 bits per heavy atom. The fourth-order valence-electron chi connectivity index (χ4n) is 2.53. The van der Waals surface area contributed by atoms with Crippen molar-refractivity contribution in [2.45, 2.75) is 6.42 Å². The Labute approximate surface area is 132 Å². The zero-order valence-electron chi connectivity index (χ0n) is 12.4. The lowest BCUT2D eigenvalue weighted by Gasteiger charge is -2.13. The summed E-state index contributed by atoms with van der Waals surface area (Å²) in [5.41, 5.74) is 1.90. The summed E-state index contributed by atoms with van der Waals surface area (Å²) in [5, 5.41) is 0.484. The molecule has 0 saturated carbocycles. The molecule has 0 N–H and O–H groups in total. The van der Waals surface area contributed by atoms with E-state index in [0.29, 0.717) is 29.3 Å². The third-order valence-electron chi connectivity index (χ3n) is 3.71. The molecule has 1 aliphatic rings. The first-order valence-corrected chi connectivity index (χ1v) is 7.49. The van der Waals surface area contributed by atoms with Gasteiger partial charge in [0.1, 0.15) is 0 Å². The average molecular weight is 306 g/mol. The number of para-hydroxylation sites is 1. The van der Waals surface area contributed by atoms with Gasteiger partial charge in [-0.2, -0.15) is 0 Å². The minimum Gasteiger partial charge on any atom is -0.477 e. The van der Waals surface area contributed by atoms with E-state index >= 15 is 0 Å². The predicted octanol–water partition coefficient (Wildman–Crippen LogP) is 3.02. The molecule has 0 saturated heterocycles. The van der Waals surface area contributed by atoms with Crippen molar-refractivity contribution in [1.29, 1.82) is 0 Å². The molecule has 0 unspecified atom stereocenters. The summed E-state index contributed by atoms with van der Waals surface area (Å²) in [5.74, 6) is 0.975. The van der Waals surface area contributed by atoms with Gasteiger partial charge in [-0.05, 0) is 36.4 Å². The molecule has 2 heterocycles. The summed E-state index contributed by atoms with van der Waals surface area (Å²) >= 11 is 0. The van der Waals surface area contributed by atoms with E-state index in [2.05, 4.69) is 9.98 Å². The van der Waals surface area contributed by atoms with Crippen molar-refractivity contribution in [2.24, 2.45) is 4.99 Å². The second kappa shape index (κ2) is 5.68. The first-order valence-electron chi connectivity index (χ1n) is 7.49. The van der Waals surface area contributed by atoms with Gasteiger partial charge in [-0.15, -0.1) is 0 Å². The topological polar surface area (TPSA) is 64.7 Å². The molecule has 0 bridgehead atoms. The van der Waals surface area contributed by atoms with Crippen LogP contribution in [0.25, 0.3) is 22.4 Å². The maximum atomic E-state index is 12.0. The van der Waals surface area contributed by atoms with Crippen molar-refractivity contribution in [3.05, 3.63) is 64.5 Å². The van der Waals surface area contributed by atoms with Crippen LogP contribution in [0.5, 0.6) is 0 Å². The summed E-state index contributed by atoms with van der Waals surface area (Å²) in [6.07, 6.45) is 0.952. The quantitative estimate of drug-likeness (QED) is 0.730. The molecule has 114 valence electrons. The maximum absolute atomic E-state index is 12.0. The van der Waals surface area contributed by atoms with Crippen molar-refractivity contribution in [2.75, 3.05) is 13.2 Å². The van der Waals surface area contributed by atoms with Crippen LogP contribution in [0, 0.1) is 0 Å². The van der Waals surface area contributed by atoms with E-state index in [-0.39, 0.29) is 5.63 Å². The van der Waals surface area contributed by atoms with Gasteiger partial charge < -0.3 is 9.15 Å². The molecule has 23 heavy (non-hydrogen) atoms. The molecule has 0 fully saturated rings. The van der Waals surface area contributed by atoms with E-state index in [4.69, 9.17) is 9.15 Å². The number of aliphatic imine (C=N–C) groups is 1. The molecule has 0 radical (unpaired) electrons. The van der Waals surface area contributed by atoms with Crippen LogP contribution in [0.1, 0.15) is 12.0 Å². The van der Waals surface area contributed by atoms with Gasteiger partial charge in [0.15, 0.2) is 0 Å². The van der Waals surface area contributed by atoms with Crippen molar-refractivity contribution < 1.29 is 9.15 Å². The Morgan fingerprint density at radius 2 is 1.74 bits per heavy atom. The minimum atomic E-state index is -0.380. The van der Waals surface area contributed by atoms with Gasteiger partial charge >= 0.3 is 5.63 Å². The molecule has 5 nitrogen and oxygen atoms in total. The van der Waals surface area contributed by atoms with E-state index in [0.717, 1.165) is 24.1 Å².